The monoisotopic (exact) mass is 302 g/mol. The summed E-state index contributed by atoms with van der Waals surface area (Å²) in [5.41, 5.74) is 0.752. The third kappa shape index (κ3) is 2.85. The molecule has 1 aliphatic rings. The minimum absolute atomic E-state index is 0.0509. The highest BCUT2D eigenvalue weighted by Gasteiger charge is 2.22. The number of urea groups is 1. The minimum Gasteiger partial charge on any atom is -0.339 e. The van der Waals surface area contributed by atoms with Gasteiger partial charge < -0.3 is 15.1 Å². The fourth-order valence-electron chi connectivity index (χ4n) is 2.50. The van der Waals surface area contributed by atoms with E-state index in [1.54, 1.807) is 16.7 Å². The SMILES string of the molecule is CC(=O)N1CCN(C(=O)NCc2nnc3ccccn23)CC1. The Kier molecular flexibility index (Phi) is 3.90. The number of aromatic nitrogens is 3. The number of pyridine rings is 1. The number of nitrogens with zero attached hydrogens (tertiary/aromatic N) is 5. The molecule has 8 heteroatoms. The van der Waals surface area contributed by atoms with Crippen molar-refractivity contribution in [2.75, 3.05) is 26.2 Å². The molecule has 3 amide bonds. The van der Waals surface area contributed by atoms with Gasteiger partial charge in [0.1, 0.15) is 0 Å². The zero-order chi connectivity index (χ0) is 15.5. The Labute approximate surface area is 127 Å². The molecule has 22 heavy (non-hydrogen) atoms. The largest absolute Gasteiger partial charge is 0.339 e. The predicted octanol–water partition coefficient (Wildman–Crippen LogP) is 0.103. The molecule has 1 aliphatic heterocycles. The number of hydrogen-bond acceptors (Lipinski definition) is 4. The molecule has 0 saturated carbocycles. The smallest absolute Gasteiger partial charge is 0.317 e. The quantitative estimate of drug-likeness (QED) is 0.853. The molecular formula is C14H18N6O2. The van der Waals surface area contributed by atoms with Crippen molar-refractivity contribution in [3.8, 4) is 0 Å². The van der Waals surface area contributed by atoms with Crippen molar-refractivity contribution in [2.45, 2.75) is 13.5 Å². The first kappa shape index (κ1) is 14.3. The normalized spacial score (nSPS) is 15.1. The summed E-state index contributed by atoms with van der Waals surface area (Å²) in [7, 11) is 0. The van der Waals surface area contributed by atoms with E-state index in [4.69, 9.17) is 0 Å². The number of hydrogen-bond donors (Lipinski definition) is 1. The molecule has 0 bridgehead atoms. The summed E-state index contributed by atoms with van der Waals surface area (Å²) in [6, 6.07) is 5.50. The van der Waals surface area contributed by atoms with Gasteiger partial charge in [-0.3, -0.25) is 9.20 Å². The van der Waals surface area contributed by atoms with Crippen LogP contribution in [0.4, 0.5) is 4.79 Å². The van der Waals surface area contributed by atoms with E-state index < -0.39 is 0 Å². The highest BCUT2D eigenvalue weighted by Crippen LogP contribution is 2.04. The van der Waals surface area contributed by atoms with Gasteiger partial charge in [0.05, 0.1) is 6.54 Å². The lowest BCUT2D eigenvalue weighted by atomic mass is 10.3. The van der Waals surface area contributed by atoms with Gasteiger partial charge in [0.15, 0.2) is 11.5 Å². The van der Waals surface area contributed by atoms with Gasteiger partial charge in [-0.25, -0.2) is 4.79 Å². The lowest BCUT2D eigenvalue weighted by Gasteiger charge is -2.34. The second kappa shape index (κ2) is 6.00. The molecule has 2 aromatic heterocycles. The Hall–Kier alpha value is -2.64. The second-order valence-corrected chi connectivity index (χ2v) is 5.20. The topological polar surface area (TPSA) is 82.8 Å². The van der Waals surface area contributed by atoms with Crippen LogP contribution in [0.15, 0.2) is 24.4 Å². The Morgan fingerprint density at radius 2 is 1.86 bits per heavy atom. The number of carbonyl (C=O) groups is 2. The molecule has 2 aromatic rings. The van der Waals surface area contributed by atoms with E-state index in [0.29, 0.717) is 38.5 Å². The molecular weight excluding hydrogens is 284 g/mol. The number of nitrogens with one attached hydrogen (secondary N) is 1. The van der Waals surface area contributed by atoms with Crippen molar-refractivity contribution in [3.63, 3.8) is 0 Å². The summed E-state index contributed by atoms with van der Waals surface area (Å²) < 4.78 is 1.84. The van der Waals surface area contributed by atoms with E-state index in [-0.39, 0.29) is 11.9 Å². The van der Waals surface area contributed by atoms with E-state index in [1.807, 2.05) is 28.8 Å². The van der Waals surface area contributed by atoms with Crippen LogP contribution < -0.4 is 5.32 Å². The highest BCUT2D eigenvalue weighted by atomic mass is 16.2. The van der Waals surface area contributed by atoms with Crippen molar-refractivity contribution in [2.24, 2.45) is 0 Å². The number of amides is 3. The Morgan fingerprint density at radius 1 is 1.14 bits per heavy atom. The number of piperazine rings is 1. The molecule has 0 spiro atoms. The summed E-state index contributed by atoms with van der Waals surface area (Å²) in [4.78, 5) is 26.9. The van der Waals surface area contributed by atoms with E-state index in [9.17, 15) is 9.59 Å². The molecule has 3 rings (SSSR count). The van der Waals surface area contributed by atoms with Crippen molar-refractivity contribution in [3.05, 3.63) is 30.2 Å². The van der Waals surface area contributed by atoms with Crippen LogP contribution in [0.25, 0.3) is 5.65 Å². The number of carbonyl (C=O) groups excluding carboxylic acids is 2. The van der Waals surface area contributed by atoms with Crippen LogP contribution in [0.1, 0.15) is 12.7 Å². The van der Waals surface area contributed by atoms with Gasteiger partial charge in [-0.05, 0) is 12.1 Å². The van der Waals surface area contributed by atoms with E-state index in [1.165, 1.54) is 0 Å². The van der Waals surface area contributed by atoms with Crippen molar-refractivity contribution in [1.82, 2.24) is 29.7 Å². The molecule has 1 fully saturated rings. The Morgan fingerprint density at radius 3 is 2.59 bits per heavy atom. The zero-order valence-corrected chi connectivity index (χ0v) is 12.4. The van der Waals surface area contributed by atoms with Crippen molar-refractivity contribution < 1.29 is 9.59 Å². The molecule has 8 nitrogen and oxygen atoms in total. The maximum absolute atomic E-state index is 12.2. The predicted molar refractivity (Wildman–Crippen MR) is 79.0 cm³/mol. The molecule has 3 heterocycles. The van der Waals surface area contributed by atoms with Crippen LogP contribution >= 0.6 is 0 Å². The Bertz CT molecular complexity index is 689. The summed E-state index contributed by atoms with van der Waals surface area (Å²) in [6.45, 7) is 4.12. The molecule has 0 atom stereocenters. The number of fused-ring (bicyclic) bond motifs is 1. The van der Waals surface area contributed by atoms with Gasteiger partial charge in [0.25, 0.3) is 0 Å². The van der Waals surface area contributed by atoms with Gasteiger partial charge in [-0.1, -0.05) is 6.07 Å². The van der Waals surface area contributed by atoms with Crippen LogP contribution in [0.5, 0.6) is 0 Å². The van der Waals surface area contributed by atoms with Crippen molar-refractivity contribution >= 4 is 17.6 Å². The zero-order valence-electron chi connectivity index (χ0n) is 12.4. The van der Waals surface area contributed by atoms with E-state index in [2.05, 4.69) is 15.5 Å². The maximum Gasteiger partial charge on any atom is 0.317 e. The van der Waals surface area contributed by atoms with Gasteiger partial charge in [-0.15, -0.1) is 10.2 Å². The fraction of sp³-hybridized carbons (Fsp3) is 0.429. The second-order valence-electron chi connectivity index (χ2n) is 5.20. The summed E-state index contributed by atoms with van der Waals surface area (Å²) >= 11 is 0. The Balaban J connectivity index is 1.56. The van der Waals surface area contributed by atoms with Crippen LogP contribution in [0.3, 0.4) is 0 Å². The molecule has 0 aromatic carbocycles. The molecule has 116 valence electrons. The van der Waals surface area contributed by atoms with Gasteiger partial charge in [-0.2, -0.15) is 0 Å². The molecule has 1 saturated heterocycles. The third-order valence-corrected chi connectivity index (χ3v) is 3.79. The summed E-state index contributed by atoms with van der Waals surface area (Å²) in [5.74, 6) is 0.737. The molecule has 0 aliphatic carbocycles. The molecule has 1 N–H and O–H groups in total. The van der Waals surface area contributed by atoms with Gasteiger partial charge in [0, 0.05) is 39.3 Å². The third-order valence-electron chi connectivity index (χ3n) is 3.79. The standard InChI is InChI=1S/C14H18N6O2/c1-11(21)18-6-8-19(9-7-18)14(22)15-10-13-17-16-12-4-2-3-5-20(12)13/h2-5H,6-10H2,1H3,(H,15,22). The minimum atomic E-state index is -0.143. The first-order chi connectivity index (χ1) is 10.6. The number of rotatable bonds is 2. The fourth-order valence-corrected chi connectivity index (χ4v) is 2.50. The van der Waals surface area contributed by atoms with Gasteiger partial charge in [0.2, 0.25) is 5.91 Å². The first-order valence-electron chi connectivity index (χ1n) is 7.22. The van der Waals surface area contributed by atoms with Crippen LogP contribution in [0, 0.1) is 0 Å². The van der Waals surface area contributed by atoms with Crippen LogP contribution in [-0.4, -0.2) is 62.5 Å². The lowest BCUT2D eigenvalue weighted by molar-refractivity contribution is -0.130. The molecule has 0 radical (unpaired) electrons. The lowest BCUT2D eigenvalue weighted by Crippen LogP contribution is -2.52. The first-order valence-corrected chi connectivity index (χ1v) is 7.22. The average molecular weight is 302 g/mol. The van der Waals surface area contributed by atoms with Crippen LogP contribution in [0.2, 0.25) is 0 Å². The summed E-state index contributed by atoms with van der Waals surface area (Å²) in [5, 5.41) is 11.0. The van der Waals surface area contributed by atoms with Crippen molar-refractivity contribution in [1.29, 1.82) is 0 Å². The maximum atomic E-state index is 12.2. The summed E-state index contributed by atoms with van der Waals surface area (Å²) in [6.07, 6.45) is 1.86. The molecule has 0 unspecified atom stereocenters. The van der Waals surface area contributed by atoms with Crippen LogP contribution in [-0.2, 0) is 11.3 Å². The van der Waals surface area contributed by atoms with E-state index in [0.717, 1.165) is 5.65 Å². The highest BCUT2D eigenvalue weighted by molar-refractivity contribution is 5.76. The average Bonchev–Trinajstić information content (AvgIpc) is 2.96. The van der Waals surface area contributed by atoms with Gasteiger partial charge >= 0.3 is 6.03 Å². The van der Waals surface area contributed by atoms with E-state index >= 15 is 0 Å².